The summed E-state index contributed by atoms with van der Waals surface area (Å²) in [5, 5.41) is 14.0. The third-order valence-electron chi connectivity index (χ3n) is 2.55. The molecule has 1 unspecified atom stereocenters. The van der Waals surface area contributed by atoms with E-state index < -0.39 is 6.10 Å². The first-order valence-corrected chi connectivity index (χ1v) is 6.28. The first-order chi connectivity index (χ1) is 8.66. The molecule has 2 rings (SSSR count). The van der Waals surface area contributed by atoms with Crippen LogP contribution in [0.2, 0.25) is 10.0 Å². The SMILES string of the molecule is OC(CNCc1ccco1)c1ccc(Cl)c(Cl)c1. The van der Waals surface area contributed by atoms with E-state index in [0.717, 1.165) is 11.3 Å². The molecule has 0 saturated carbocycles. The quantitative estimate of drug-likeness (QED) is 0.885. The molecule has 2 aromatic rings. The zero-order valence-corrected chi connectivity index (χ0v) is 11.1. The molecule has 0 radical (unpaired) electrons. The van der Waals surface area contributed by atoms with Crippen molar-refractivity contribution < 1.29 is 9.52 Å². The molecule has 0 saturated heterocycles. The highest BCUT2D eigenvalue weighted by Crippen LogP contribution is 2.25. The van der Waals surface area contributed by atoms with Crippen LogP contribution in [0.5, 0.6) is 0 Å². The van der Waals surface area contributed by atoms with Crippen LogP contribution in [0.1, 0.15) is 17.4 Å². The van der Waals surface area contributed by atoms with Gasteiger partial charge in [-0.1, -0.05) is 29.3 Å². The minimum Gasteiger partial charge on any atom is -0.468 e. The number of rotatable bonds is 5. The fraction of sp³-hybridized carbons (Fsp3) is 0.231. The van der Waals surface area contributed by atoms with Gasteiger partial charge in [-0.25, -0.2) is 0 Å². The van der Waals surface area contributed by atoms with Crippen molar-refractivity contribution >= 4 is 23.2 Å². The Morgan fingerprint density at radius 2 is 2.06 bits per heavy atom. The molecule has 2 N–H and O–H groups in total. The first-order valence-electron chi connectivity index (χ1n) is 5.53. The van der Waals surface area contributed by atoms with E-state index in [2.05, 4.69) is 5.32 Å². The lowest BCUT2D eigenvalue weighted by Gasteiger charge is -2.12. The van der Waals surface area contributed by atoms with Crippen molar-refractivity contribution in [2.45, 2.75) is 12.6 Å². The zero-order chi connectivity index (χ0) is 13.0. The van der Waals surface area contributed by atoms with Crippen LogP contribution in [0.15, 0.2) is 41.0 Å². The number of furan rings is 1. The molecule has 1 atom stereocenters. The van der Waals surface area contributed by atoms with E-state index in [1.807, 2.05) is 12.1 Å². The minimum absolute atomic E-state index is 0.415. The highest BCUT2D eigenvalue weighted by molar-refractivity contribution is 6.42. The summed E-state index contributed by atoms with van der Waals surface area (Å²) in [7, 11) is 0. The molecule has 0 aliphatic rings. The Morgan fingerprint density at radius 1 is 1.22 bits per heavy atom. The molecule has 18 heavy (non-hydrogen) atoms. The summed E-state index contributed by atoms with van der Waals surface area (Å²) in [6.07, 6.45) is 0.988. The Balaban J connectivity index is 1.87. The third kappa shape index (κ3) is 3.50. The zero-order valence-electron chi connectivity index (χ0n) is 9.57. The largest absolute Gasteiger partial charge is 0.468 e. The topological polar surface area (TPSA) is 45.4 Å². The van der Waals surface area contributed by atoms with Crippen molar-refractivity contribution in [3.63, 3.8) is 0 Å². The number of aliphatic hydroxyl groups excluding tert-OH is 1. The first kappa shape index (κ1) is 13.4. The van der Waals surface area contributed by atoms with Gasteiger partial charge < -0.3 is 14.8 Å². The van der Waals surface area contributed by atoms with Crippen molar-refractivity contribution in [1.82, 2.24) is 5.32 Å². The van der Waals surface area contributed by atoms with Gasteiger partial charge in [-0.15, -0.1) is 0 Å². The second kappa shape index (κ2) is 6.25. The van der Waals surface area contributed by atoms with Crippen LogP contribution in [0.4, 0.5) is 0 Å². The molecular weight excluding hydrogens is 273 g/mol. The standard InChI is InChI=1S/C13H13Cl2NO2/c14-11-4-3-9(6-12(11)15)13(17)8-16-7-10-2-1-5-18-10/h1-6,13,16-17H,7-8H2. The van der Waals surface area contributed by atoms with Gasteiger partial charge in [-0.05, 0) is 29.8 Å². The van der Waals surface area contributed by atoms with E-state index in [9.17, 15) is 5.11 Å². The van der Waals surface area contributed by atoms with E-state index in [1.54, 1.807) is 24.5 Å². The number of hydrogen-bond acceptors (Lipinski definition) is 3. The lowest BCUT2D eigenvalue weighted by molar-refractivity contribution is 0.173. The fourth-order valence-corrected chi connectivity index (χ4v) is 1.89. The van der Waals surface area contributed by atoms with Gasteiger partial charge in [0.1, 0.15) is 5.76 Å². The second-order valence-corrected chi connectivity index (χ2v) is 4.71. The Kier molecular flexibility index (Phi) is 4.66. The molecule has 0 aliphatic carbocycles. The molecule has 0 spiro atoms. The summed E-state index contributed by atoms with van der Waals surface area (Å²) in [5.41, 5.74) is 0.733. The average Bonchev–Trinajstić information content (AvgIpc) is 2.85. The molecule has 0 amide bonds. The van der Waals surface area contributed by atoms with E-state index in [0.29, 0.717) is 23.1 Å². The van der Waals surface area contributed by atoms with Gasteiger partial charge in [-0.3, -0.25) is 0 Å². The average molecular weight is 286 g/mol. The smallest absolute Gasteiger partial charge is 0.117 e. The molecule has 1 aromatic heterocycles. The molecule has 0 fully saturated rings. The van der Waals surface area contributed by atoms with Gasteiger partial charge in [0.25, 0.3) is 0 Å². The summed E-state index contributed by atoms with van der Waals surface area (Å²) in [6, 6.07) is 8.80. The van der Waals surface area contributed by atoms with Gasteiger partial charge in [0.05, 0.1) is 29.0 Å². The van der Waals surface area contributed by atoms with Crippen molar-refractivity contribution in [3.8, 4) is 0 Å². The third-order valence-corrected chi connectivity index (χ3v) is 3.28. The summed E-state index contributed by atoms with van der Waals surface area (Å²) in [4.78, 5) is 0. The molecule has 0 bridgehead atoms. The maximum atomic E-state index is 9.97. The normalized spacial score (nSPS) is 12.6. The maximum absolute atomic E-state index is 9.97. The minimum atomic E-state index is -0.630. The number of halogens is 2. The van der Waals surface area contributed by atoms with Crippen LogP contribution in [-0.4, -0.2) is 11.7 Å². The Labute approximate surface area is 115 Å². The lowest BCUT2D eigenvalue weighted by atomic mass is 10.1. The van der Waals surface area contributed by atoms with E-state index >= 15 is 0 Å². The maximum Gasteiger partial charge on any atom is 0.117 e. The molecule has 3 nitrogen and oxygen atoms in total. The van der Waals surface area contributed by atoms with Crippen LogP contribution in [0.3, 0.4) is 0 Å². The Bertz CT molecular complexity index is 500. The highest BCUT2D eigenvalue weighted by atomic mass is 35.5. The van der Waals surface area contributed by atoms with Gasteiger partial charge in [0, 0.05) is 6.54 Å². The van der Waals surface area contributed by atoms with Gasteiger partial charge in [0.2, 0.25) is 0 Å². The van der Waals surface area contributed by atoms with E-state index in [1.165, 1.54) is 0 Å². The summed E-state index contributed by atoms with van der Waals surface area (Å²) >= 11 is 11.7. The van der Waals surface area contributed by atoms with E-state index in [-0.39, 0.29) is 0 Å². The highest BCUT2D eigenvalue weighted by Gasteiger charge is 2.09. The van der Waals surface area contributed by atoms with Crippen LogP contribution < -0.4 is 5.32 Å². The summed E-state index contributed by atoms with van der Waals surface area (Å²) in [6.45, 7) is 0.990. The monoisotopic (exact) mass is 285 g/mol. The van der Waals surface area contributed by atoms with Gasteiger partial charge in [0.15, 0.2) is 0 Å². The molecule has 1 aromatic carbocycles. The molecular formula is C13H13Cl2NO2. The second-order valence-electron chi connectivity index (χ2n) is 3.90. The van der Waals surface area contributed by atoms with Crippen LogP contribution >= 0.6 is 23.2 Å². The number of aliphatic hydroxyl groups is 1. The van der Waals surface area contributed by atoms with Crippen molar-refractivity contribution in [2.75, 3.05) is 6.54 Å². The predicted octanol–water partition coefficient (Wildman–Crippen LogP) is 3.41. The molecule has 5 heteroatoms. The Hall–Kier alpha value is -1.000. The van der Waals surface area contributed by atoms with Crippen molar-refractivity contribution in [2.24, 2.45) is 0 Å². The Morgan fingerprint density at radius 3 is 2.72 bits per heavy atom. The lowest BCUT2D eigenvalue weighted by Crippen LogP contribution is -2.20. The van der Waals surface area contributed by atoms with Crippen LogP contribution in [0, 0.1) is 0 Å². The van der Waals surface area contributed by atoms with E-state index in [4.69, 9.17) is 27.6 Å². The number of hydrogen-bond donors (Lipinski definition) is 2. The van der Waals surface area contributed by atoms with Crippen LogP contribution in [0.25, 0.3) is 0 Å². The van der Waals surface area contributed by atoms with Crippen molar-refractivity contribution in [3.05, 3.63) is 58.0 Å². The summed E-state index contributed by atoms with van der Waals surface area (Å²) in [5.74, 6) is 0.830. The molecule has 1 heterocycles. The summed E-state index contributed by atoms with van der Waals surface area (Å²) < 4.78 is 5.17. The molecule has 96 valence electrons. The van der Waals surface area contributed by atoms with Gasteiger partial charge in [-0.2, -0.15) is 0 Å². The molecule has 0 aliphatic heterocycles. The van der Waals surface area contributed by atoms with Gasteiger partial charge >= 0.3 is 0 Å². The predicted molar refractivity (Wildman–Crippen MR) is 71.8 cm³/mol. The number of nitrogens with one attached hydrogen (secondary N) is 1. The number of benzene rings is 1. The fourth-order valence-electron chi connectivity index (χ4n) is 1.58. The van der Waals surface area contributed by atoms with Crippen molar-refractivity contribution in [1.29, 1.82) is 0 Å². The van der Waals surface area contributed by atoms with Crippen LogP contribution in [-0.2, 0) is 6.54 Å².